The van der Waals surface area contributed by atoms with Crippen molar-refractivity contribution in [3.63, 3.8) is 0 Å². The van der Waals surface area contributed by atoms with Gasteiger partial charge in [0.15, 0.2) is 5.96 Å². The maximum absolute atomic E-state index is 13.3. The van der Waals surface area contributed by atoms with Crippen LogP contribution in [-0.4, -0.2) is 45.5 Å². The fraction of sp³-hybridized carbons (Fsp3) is 0.444. The quantitative estimate of drug-likeness (QED) is 0.588. The molecule has 2 heterocycles. The molecule has 186 valence electrons. The lowest BCUT2D eigenvalue weighted by atomic mass is 9.87. The number of rotatable bonds is 6. The van der Waals surface area contributed by atoms with E-state index in [1.54, 1.807) is 25.1 Å². The third kappa shape index (κ3) is 4.62. The molecule has 0 aliphatic carbocycles. The Morgan fingerprint density at radius 2 is 1.97 bits per heavy atom. The van der Waals surface area contributed by atoms with Crippen molar-refractivity contribution in [2.24, 2.45) is 10.7 Å². The topological polar surface area (TPSA) is 117 Å². The van der Waals surface area contributed by atoms with Crippen LogP contribution in [0.1, 0.15) is 80.5 Å². The fourth-order valence-electron chi connectivity index (χ4n) is 4.93. The molecule has 2 aliphatic heterocycles. The summed E-state index contributed by atoms with van der Waals surface area (Å²) in [7, 11) is 0. The van der Waals surface area contributed by atoms with Crippen molar-refractivity contribution >= 4 is 17.8 Å². The van der Waals surface area contributed by atoms with Crippen LogP contribution in [0.15, 0.2) is 53.5 Å². The Balaban J connectivity index is 1.58. The SMILES string of the molecule is CCC1(CC)CC(=O)N([C@H](C)c2cccc(C(=O)N[C@@H]3c4ccccc4OC[C@@]3(C)O)c2)C(N)=N1. The van der Waals surface area contributed by atoms with Crippen molar-refractivity contribution in [2.75, 3.05) is 6.61 Å². The molecule has 0 aromatic heterocycles. The average Bonchev–Trinajstić information content (AvgIpc) is 2.85. The second-order valence-electron chi connectivity index (χ2n) is 9.73. The van der Waals surface area contributed by atoms with Gasteiger partial charge in [-0.25, -0.2) is 4.99 Å². The van der Waals surface area contributed by atoms with Gasteiger partial charge in [-0.15, -0.1) is 0 Å². The first-order valence-corrected chi connectivity index (χ1v) is 12.1. The zero-order valence-electron chi connectivity index (χ0n) is 20.7. The molecule has 8 nitrogen and oxygen atoms in total. The predicted molar refractivity (Wildman–Crippen MR) is 134 cm³/mol. The maximum Gasteiger partial charge on any atom is 0.251 e. The number of para-hydroxylation sites is 1. The first-order chi connectivity index (χ1) is 16.6. The number of hydrogen-bond acceptors (Lipinski definition) is 6. The van der Waals surface area contributed by atoms with E-state index in [0.29, 0.717) is 17.7 Å². The van der Waals surface area contributed by atoms with Crippen LogP contribution >= 0.6 is 0 Å². The van der Waals surface area contributed by atoms with Gasteiger partial charge in [0.2, 0.25) is 5.91 Å². The molecule has 3 atom stereocenters. The molecule has 0 bridgehead atoms. The summed E-state index contributed by atoms with van der Waals surface area (Å²) in [6.45, 7) is 7.62. The van der Waals surface area contributed by atoms with Crippen LogP contribution in [0.2, 0.25) is 0 Å². The second kappa shape index (κ2) is 9.34. The van der Waals surface area contributed by atoms with Crippen molar-refractivity contribution < 1.29 is 19.4 Å². The standard InChI is InChI=1S/C27H34N4O4/c1-5-27(6-2)15-22(32)31(25(28)30-27)17(3)18-10-9-11-19(14-18)24(33)29-23-20-12-7-8-13-21(20)35-16-26(23,4)34/h7-14,17,23,34H,5-6,15-16H2,1-4H3,(H2,28,30)(H,29,33)/t17-,23-,26-/m1/s1. The Labute approximate surface area is 206 Å². The zero-order chi connectivity index (χ0) is 25.4. The minimum atomic E-state index is -1.27. The van der Waals surface area contributed by atoms with Gasteiger partial charge in [-0.3, -0.25) is 14.5 Å². The Bertz CT molecular complexity index is 1160. The second-order valence-corrected chi connectivity index (χ2v) is 9.73. The van der Waals surface area contributed by atoms with Gasteiger partial charge in [0, 0.05) is 11.1 Å². The molecule has 4 rings (SSSR count). The summed E-state index contributed by atoms with van der Waals surface area (Å²) in [6.07, 6.45) is 1.79. The Morgan fingerprint density at radius 3 is 2.66 bits per heavy atom. The van der Waals surface area contributed by atoms with E-state index in [-0.39, 0.29) is 24.4 Å². The van der Waals surface area contributed by atoms with Crippen molar-refractivity contribution in [3.05, 3.63) is 65.2 Å². The molecule has 35 heavy (non-hydrogen) atoms. The summed E-state index contributed by atoms with van der Waals surface area (Å²) >= 11 is 0. The van der Waals surface area contributed by atoms with Crippen LogP contribution < -0.4 is 15.8 Å². The van der Waals surface area contributed by atoms with Gasteiger partial charge in [0.1, 0.15) is 18.0 Å². The smallest absolute Gasteiger partial charge is 0.251 e. The van der Waals surface area contributed by atoms with Gasteiger partial charge < -0.3 is 20.9 Å². The molecule has 4 N–H and O–H groups in total. The van der Waals surface area contributed by atoms with Gasteiger partial charge in [0.05, 0.1) is 24.0 Å². The summed E-state index contributed by atoms with van der Waals surface area (Å²) in [4.78, 5) is 32.5. The number of benzene rings is 2. The molecule has 8 heteroatoms. The van der Waals surface area contributed by atoms with Gasteiger partial charge in [-0.1, -0.05) is 44.2 Å². The minimum absolute atomic E-state index is 0.0682. The summed E-state index contributed by atoms with van der Waals surface area (Å²) in [5.41, 5.74) is 6.46. The number of fused-ring (bicyclic) bond motifs is 1. The van der Waals surface area contributed by atoms with Crippen molar-refractivity contribution in [1.29, 1.82) is 0 Å². The van der Waals surface area contributed by atoms with Gasteiger partial charge in [-0.2, -0.15) is 0 Å². The van der Waals surface area contributed by atoms with Gasteiger partial charge >= 0.3 is 0 Å². The minimum Gasteiger partial charge on any atom is -0.490 e. The number of guanidine groups is 1. The molecular formula is C27H34N4O4. The molecule has 0 saturated carbocycles. The van der Waals surface area contributed by atoms with Crippen molar-refractivity contribution in [2.45, 2.75) is 70.2 Å². The number of hydrogen-bond donors (Lipinski definition) is 3. The lowest BCUT2D eigenvalue weighted by molar-refractivity contribution is -0.131. The summed E-state index contributed by atoms with van der Waals surface area (Å²) in [6, 6.07) is 13.4. The highest BCUT2D eigenvalue weighted by molar-refractivity contribution is 5.99. The molecule has 0 radical (unpaired) electrons. The van der Waals surface area contributed by atoms with E-state index in [2.05, 4.69) is 10.3 Å². The highest BCUT2D eigenvalue weighted by Crippen LogP contribution is 2.38. The Hall–Kier alpha value is -3.39. The molecule has 0 spiro atoms. The predicted octanol–water partition coefficient (Wildman–Crippen LogP) is 3.47. The third-order valence-electron chi connectivity index (χ3n) is 7.33. The van der Waals surface area contributed by atoms with E-state index in [0.717, 1.165) is 24.0 Å². The number of ether oxygens (including phenoxy) is 1. The Morgan fingerprint density at radius 1 is 1.26 bits per heavy atom. The van der Waals surface area contributed by atoms with Gasteiger partial charge in [-0.05, 0) is 50.5 Å². The summed E-state index contributed by atoms with van der Waals surface area (Å²) in [5, 5.41) is 13.9. The lowest BCUT2D eigenvalue weighted by Crippen LogP contribution is -2.52. The number of nitrogens with two attached hydrogens (primary N) is 1. The van der Waals surface area contributed by atoms with Crippen LogP contribution in [0.25, 0.3) is 0 Å². The van der Waals surface area contributed by atoms with E-state index in [1.807, 2.05) is 51.1 Å². The molecule has 2 amide bonds. The third-order valence-corrected chi connectivity index (χ3v) is 7.33. The molecule has 2 aromatic rings. The first-order valence-electron chi connectivity index (χ1n) is 12.1. The molecule has 0 fully saturated rings. The maximum atomic E-state index is 13.3. The summed E-state index contributed by atoms with van der Waals surface area (Å²) < 4.78 is 5.66. The van der Waals surface area contributed by atoms with Crippen LogP contribution in [0.4, 0.5) is 0 Å². The normalized spacial score (nSPS) is 24.1. The van der Waals surface area contributed by atoms with Crippen LogP contribution in [-0.2, 0) is 4.79 Å². The monoisotopic (exact) mass is 478 g/mol. The number of carbonyl (C=O) groups is 2. The largest absolute Gasteiger partial charge is 0.490 e. The number of nitrogens with one attached hydrogen (secondary N) is 1. The van der Waals surface area contributed by atoms with Crippen molar-refractivity contribution in [3.8, 4) is 5.75 Å². The van der Waals surface area contributed by atoms with Crippen LogP contribution in [0.5, 0.6) is 5.75 Å². The highest BCUT2D eigenvalue weighted by atomic mass is 16.5. The van der Waals surface area contributed by atoms with E-state index in [4.69, 9.17) is 10.5 Å². The van der Waals surface area contributed by atoms with E-state index in [1.165, 1.54) is 4.90 Å². The fourth-order valence-corrected chi connectivity index (χ4v) is 4.93. The Kier molecular flexibility index (Phi) is 6.60. The van der Waals surface area contributed by atoms with Crippen LogP contribution in [0, 0.1) is 0 Å². The average molecular weight is 479 g/mol. The highest BCUT2D eigenvalue weighted by Gasteiger charge is 2.41. The zero-order valence-corrected chi connectivity index (χ0v) is 20.7. The van der Waals surface area contributed by atoms with E-state index < -0.39 is 23.2 Å². The number of aliphatic hydroxyl groups is 1. The van der Waals surface area contributed by atoms with Crippen molar-refractivity contribution in [1.82, 2.24) is 10.2 Å². The number of carbonyl (C=O) groups excluding carboxylic acids is 2. The van der Waals surface area contributed by atoms with E-state index in [9.17, 15) is 14.7 Å². The lowest BCUT2D eigenvalue weighted by Gasteiger charge is -2.39. The van der Waals surface area contributed by atoms with Gasteiger partial charge in [0.25, 0.3) is 5.91 Å². The molecule has 2 aliphatic rings. The number of amides is 2. The molecule has 2 aromatic carbocycles. The molecular weight excluding hydrogens is 444 g/mol. The number of aliphatic imine (C=N–C) groups is 1. The number of nitrogens with zero attached hydrogens (tertiary/aromatic N) is 2. The first kappa shape index (κ1) is 24.7. The summed E-state index contributed by atoms with van der Waals surface area (Å²) in [5.74, 6) is 0.449. The van der Waals surface area contributed by atoms with E-state index >= 15 is 0 Å². The van der Waals surface area contributed by atoms with Crippen LogP contribution in [0.3, 0.4) is 0 Å². The molecule has 0 unspecified atom stereocenters. The molecule has 0 saturated heterocycles.